The molecular formula is C15H12ClFN2O. The maximum Gasteiger partial charge on any atom is 0.214 e. The molecule has 0 aliphatic carbocycles. The Morgan fingerprint density at radius 2 is 2.10 bits per heavy atom. The first-order valence-electron chi connectivity index (χ1n) is 6.20. The largest absolute Gasteiger partial charge is 0.459 e. The lowest BCUT2D eigenvalue weighted by molar-refractivity contribution is 0.524. The van der Waals surface area contributed by atoms with Crippen LogP contribution in [-0.2, 0) is 0 Å². The first-order valence-corrected chi connectivity index (χ1v) is 6.58. The molecule has 1 N–H and O–H groups in total. The summed E-state index contributed by atoms with van der Waals surface area (Å²) in [7, 11) is 0. The molecule has 20 heavy (non-hydrogen) atoms. The third-order valence-electron chi connectivity index (χ3n) is 3.00. The van der Waals surface area contributed by atoms with E-state index in [2.05, 4.69) is 10.3 Å². The van der Waals surface area contributed by atoms with Crippen LogP contribution in [0.5, 0.6) is 0 Å². The topological polar surface area (TPSA) is 38.1 Å². The molecular weight excluding hydrogens is 279 g/mol. The van der Waals surface area contributed by atoms with E-state index in [1.807, 2.05) is 25.1 Å². The molecule has 0 saturated carbocycles. The second kappa shape index (κ2) is 5.13. The lowest BCUT2D eigenvalue weighted by Gasteiger charge is -2.11. The molecule has 0 bridgehead atoms. The van der Waals surface area contributed by atoms with Crippen molar-refractivity contribution >= 4 is 28.4 Å². The average Bonchev–Trinajstić information content (AvgIpc) is 2.81. The van der Waals surface area contributed by atoms with Gasteiger partial charge in [0.1, 0.15) is 17.2 Å². The fourth-order valence-corrected chi connectivity index (χ4v) is 2.21. The second-order valence-electron chi connectivity index (χ2n) is 4.54. The predicted octanol–water partition coefficient (Wildman–Crippen LogP) is 4.79. The molecule has 1 aromatic carbocycles. The van der Waals surface area contributed by atoms with Crippen LogP contribution in [0.2, 0.25) is 5.02 Å². The number of pyridine rings is 1. The highest BCUT2D eigenvalue weighted by Crippen LogP contribution is 2.27. The van der Waals surface area contributed by atoms with Crippen LogP contribution < -0.4 is 5.32 Å². The van der Waals surface area contributed by atoms with E-state index in [4.69, 9.17) is 16.0 Å². The minimum Gasteiger partial charge on any atom is -0.459 e. The van der Waals surface area contributed by atoms with Crippen LogP contribution in [-0.4, -0.2) is 4.98 Å². The van der Waals surface area contributed by atoms with Crippen molar-refractivity contribution in [3.05, 3.63) is 59.2 Å². The van der Waals surface area contributed by atoms with Gasteiger partial charge in [0.05, 0.1) is 6.04 Å². The Hall–Kier alpha value is -2.07. The zero-order valence-electron chi connectivity index (χ0n) is 10.7. The lowest BCUT2D eigenvalue weighted by atomic mass is 10.2. The molecule has 0 aliphatic rings. The monoisotopic (exact) mass is 290 g/mol. The maximum atomic E-state index is 13.0. The Kier molecular flexibility index (Phi) is 3.32. The standard InChI is InChI=1S/C15H12ClFN2O/c1-9(18-15-4-2-3-14(17)19-15)13-8-10-7-11(16)5-6-12(10)20-13/h2-9H,1H3,(H,18,19). The van der Waals surface area contributed by atoms with Gasteiger partial charge in [0, 0.05) is 10.4 Å². The van der Waals surface area contributed by atoms with Crippen molar-refractivity contribution in [2.75, 3.05) is 5.32 Å². The van der Waals surface area contributed by atoms with E-state index in [0.29, 0.717) is 10.8 Å². The SMILES string of the molecule is CC(Nc1cccc(F)n1)c1cc2cc(Cl)ccc2o1. The molecule has 0 aliphatic heterocycles. The first-order chi connectivity index (χ1) is 9.61. The molecule has 1 unspecified atom stereocenters. The van der Waals surface area contributed by atoms with Gasteiger partial charge in [-0.1, -0.05) is 17.7 Å². The Labute approximate surface area is 120 Å². The van der Waals surface area contributed by atoms with Crippen LogP contribution in [0.15, 0.2) is 46.9 Å². The van der Waals surface area contributed by atoms with Crippen molar-refractivity contribution in [2.45, 2.75) is 13.0 Å². The van der Waals surface area contributed by atoms with Crippen molar-refractivity contribution < 1.29 is 8.81 Å². The Morgan fingerprint density at radius 3 is 2.90 bits per heavy atom. The fraction of sp³-hybridized carbons (Fsp3) is 0.133. The minimum atomic E-state index is -0.515. The van der Waals surface area contributed by atoms with Crippen molar-refractivity contribution in [3.8, 4) is 0 Å². The molecule has 3 aromatic rings. The van der Waals surface area contributed by atoms with E-state index in [0.717, 1.165) is 16.7 Å². The molecule has 2 heterocycles. The molecule has 0 fully saturated rings. The Balaban J connectivity index is 1.86. The number of halogens is 2. The van der Waals surface area contributed by atoms with Crippen LogP contribution >= 0.6 is 11.6 Å². The van der Waals surface area contributed by atoms with Gasteiger partial charge < -0.3 is 9.73 Å². The second-order valence-corrected chi connectivity index (χ2v) is 4.98. The molecule has 0 saturated heterocycles. The third kappa shape index (κ3) is 2.60. The molecule has 0 amide bonds. The van der Waals surface area contributed by atoms with E-state index in [1.54, 1.807) is 18.2 Å². The molecule has 3 rings (SSSR count). The molecule has 0 radical (unpaired) electrons. The number of rotatable bonds is 3. The Morgan fingerprint density at radius 1 is 1.25 bits per heavy atom. The maximum absolute atomic E-state index is 13.0. The number of benzene rings is 1. The van der Waals surface area contributed by atoms with Gasteiger partial charge in [-0.15, -0.1) is 0 Å². The molecule has 0 spiro atoms. The number of nitrogens with zero attached hydrogens (tertiary/aromatic N) is 1. The highest BCUT2D eigenvalue weighted by Gasteiger charge is 2.12. The van der Waals surface area contributed by atoms with E-state index < -0.39 is 5.95 Å². The van der Waals surface area contributed by atoms with Crippen molar-refractivity contribution in [3.63, 3.8) is 0 Å². The van der Waals surface area contributed by atoms with Gasteiger partial charge in [-0.2, -0.15) is 4.39 Å². The highest BCUT2D eigenvalue weighted by atomic mass is 35.5. The summed E-state index contributed by atoms with van der Waals surface area (Å²) in [4.78, 5) is 3.77. The van der Waals surface area contributed by atoms with Crippen LogP contribution in [0, 0.1) is 5.95 Å². The lowest BCUT2D eigenvalue weighted by Crippen LogP contribution is -2.07. The first kappa shape index (κ1) is 12.9. The highest BCUT2D eigenvalue weighted by molar-refractivity contribution is 6.31. The van der Waals surface area contributed by atoms with Gasteiger partial charge in [-0.05, 0) is 43.3 Å². The normalized spacial score (nSPS) is 12.6. The van der Waals surface area contributed by atoms with E-state index in [-0.39, 0.29) is 6.04 Å². The third-order valence-corrected chi connectivity index (χ3v) is 3.24. The molecule has 2 aromatic heterocycles. The fourth-order valence-electron chi connectivity index (χ4n) is 2.03. The van der Waals surface area contributed by atoms with Crippen LogP contribution in [0.1, 0.15) is 18.7 Å². The van der Waals surface area contributed by atoms with Gasteiger partial charge in [0.15, 0.2) is 0 Å². The number of furan rings is 1. The van der Waals surface area contributed by atoms with Crippen LogP contribution in [0.25, 0.3) is 11.0 Å². The number of nitrogens with one attached hydrogen (secondary N) is 1. The quantitative estimate of drug-likeness (QED) is 0.705. The summed E-state index contributed by atoms with van der Waals surface area (Å²) in [5.41, 5.74) is 0.769. The zero-order chi connectivity index (χ0) is 14.1. The summed E-state index contributed by atoms with van der Waals surface area (Å²) in [5.74, 6) is 0.697. The molecule has 5 heteroatoms. The molecule has 102 valence electrons. The number of anilines is 1. The van der Waals surface area contributed by atoms with Gasteiger partial charge >= 0.3 is 0 Å². The smallest absolute Gasteiger partial charge is 0.214 e. The summed E-state index contributed by atoms with van der Waals surface area (Å²) in [6.45, 7) is 1.92. The summed E-state index contributed by atoms with van der Waals surface area (Å²) in [6.07, 6.45) is 0. The molecule has 3 nitrogen and oxygen atoms in total. The summed E-state index contributed by atoms with van der Waals surface area (Å²) in [5, 5.41) is 4.70. The number of aromatic nitrogens is 1. The van der Waals surface area contributed by atoms with Gasteiger partial charge in [0.25, 0.3) is 0 Å². The van der Waals surface area contributed by atoms with Gasteiger partial charge in [-0.25, -0.2) is 4.98 Å². The Bertz CT molecular complexity index is 756. The van der Waals surface area contributed by atoms with Crippen molar-refractivity contribution in [2.24, 2.45) is 0 Å². The number of fused-ring (bicyclic) bond motifs is 1. The minimum absolute atomic E-state index is 0.129. The summed E-state index contributed by atoms with van der Waals surface area (Å²) >= 11 is 5.95. The van der Waals surface area contributed by atoms with Gasteiger partial charge in [-0.3, -0.25) is 0 Å². The zero-order valence-corrected chi connectivity index (χ0v) is 11.5. The molecule has 1 atom stereocenters. The number of hydrogen-bond donors (Lipinski definition) is 1. The van der Waals surface area contributed by atoms with E-state index in [9.17, 15) is 4.39 Å². The summed E-state index contributed by atoms with van der Waals surface area (Å²) in [6, 6.07) is 11.9. The van der Waals surface area contributed by atoms with E-state index >= 15 is 0 Å². The van der Waals surface area contributed by atoms with Crippen molar-refractivity contribution in [1.82, 2.24) is 4.98 Å². The number of hydrogen-bond acceptors (Lipinski definition) is 3. The average molecular weight is 291 g/mol. The van der Waals surface area contributed by atoms with E-state index in [1.165, 1.54) is 6.07 Å². The van der Waals surface area contributed by atoms with Crippen LogP contribution in [0.4, 0.5) is 10.2 Å². The van der Waals surface area contributed by atoms with Crippen LogP contribution in [0.3, 0.4) is 0 Å². The van der Waals surface area contributed by atoms with Crippen molar-refractivity contribution in [1.29, 1.82) is 0 Å². The van der Waals surface area contributed by atoms with Gasteiger partial charge in [0.2, 0.25) is 5.95 Å². The summed E-state index contributed by atoms with van der Waals surface area (Å²) < 4.78 is 18.8. The predicted molar refractivity (Wildman–Crippen MR) is 77.5 cm³/mol.